The van der Waals surface area contributed by atoms with Gasteiger partial charge in [0.1, 0.15) is 0 Å². The highest BCUT2D eigenvalue weighted by Crippen LogP contribution is 2.20. The third-order valence-electron chi connectivity index (χ3n) is 4.23. The molecule has 7 heteroatoms. The second kappa shape index (κ2) is 9.15. The van der Waals surface area contributed by atoms with E-state index in [4.69, 9.17) is 5.73 Å². The highest BCUT2D eigenvalue weighted by molar-refractivity contribution is 7.89. The van der Waals surface area contributed by atoms with Gasteiger partial charge in [-0.3, -0.25) is 4.79 Å². The van der Waals surface area contributed by atoms with Crippen LogP contribution < -0.4 is 11.1 Å². The number of aryl methyl sites for hydroxylation is 1. The summed E-state index contributed by atoms with van der Waals surface area (Å²) in [5.74, 6) is -0.0401. The van der Waals surface area contributed by atoms with E-state index in [9.17, 15) is 13.2 Å². The zero-order valence-corrected chi connectivity index (χ0v) is 14.9. The van der Waals surface area contributed by atoms with Crippen molar-refractivity contribution < 1.29 is 13.2 Å². The Balaban J connectivity index is 1.96. The third-order valence-corrected chi connectivity index (χ3v) is 6.15. The highest BCUT2D eigenvalue weighted by atomic mass is 32.2. The Bertz CT molecular complexity index is 621. The molecule has 1 amide bonds. The van der Waals surface area contributed by atoms with Gasteiger partial charge >= 0.3 is 0 Å². The molecule has 0 aliphatic carbocycles. The number of sulfonamides is 1. The Labute approximate surface area is 144 Å². The molecule has 0 spiro atoms. The molecule has 1 heterocycles. The molecule has 1 aliphatic heterocycles. The van der Waals surface area contributed by atoms with Crippen molar-refractivity contribution in [2.24, 2.45) is 5.73 Å². The number of carbonyl (C=O) groups excluding carboxylic acids is 1. The Morgan fingerprint density at radius 2 is 1.71 bits per heavy atom. The minimum atomic E-state index is -3.41. The lowest BCUT2D eigenvalue weighted by Gasteiger charge is -2.20. The van der Waals surface area contributed by atoms with Crippen molar-refractivity contribution in [3.05, 3.63) is 29.8 Å². The number of benzene rings is 1. The summed E-state index contributed by atoms with van der Waals surface area (Å²) in [4.78, 5) is 11.9. The first kappa shape index (κ1) is 18.9. The maximum atomic E-state index is 12.7. The molecule has 24 heavy (non-hydrogen) atoms. The highest BCUT2D eigenvalue weighted by Gasteiger charge is 2.24. The quantitative estimate of drug-likeness (QED) is 0.772. The van der Waals surface area contributed by atoms with Gasteiger partial charge in [0, 0.05) is 32.6 Å². The van der Waals surface area contributed by atoms with Gasteiger partial charge in [-0.1, -0.05) is 25.0 Å². The summed E-state index contributed by atoms with van der Waals surface area (Å²) in [5.41, 5.74) is 6.29. The topological polar surface area (TPSA) is 92.5 Å². The lowest BCUT2D eigenvalue weighted by molar-refractivity contribution is -0.121. The standard InChI is InChI=1S/C17H27N3O3S/c18-11-12-19-17(21)10-7-15-5-8-16(9-6-15)24(22,23)20-13-3-1-2-4-14-20/h5-6,8-9H,1-4,7,10-14,18H2,(H,19,21). The second-order valence-corrected chi connectivity index (χ2v) is 8.04. The van der Waals surface area contributed by atoms with Crippen LogP contribution in [0.15, 0.2) is 29.2 Å². The number of rotatable bonds is 7. The molecule has 1 saturated heterocycles. The monoisotopic (exact) mass is 353 g/mol. The number of hydrogen-bond acceptors (Lipinski definition) is 4. The molecule has 3 N–H and O–H groups in total. The van der Waals surface area contributed by atoms with Gasteiger partial charge in [0.2, 0.25) is 15.9 Å². The normalized spacial score (nSPS) is 16.5. The van der Waals surface area contributed by atoms with Crippen LogP contribution in [0.4, 0.5) is 0 Å². The third kappa shape index (κ3) is 5.29. The fourth-order valence-corrected chi connectivity index (χ4v) is 4.33. The zero-order chi connectivity index (χ0) is 17.4. The molecule has 2 rings (SSSR count). The number of carbonyl (C=O) groups is 1. The van der Waals surface area contributed by atoms with Crippen LogP contribution in [-0.2, 0) is 21.2 Å². The molecular formula is C17H27N3O3S. The van der Waals surface area contributed by atoms with Crippen LogP contribution in [0.3, 0.4) is 0 Å². The Morgan fingerprint density at radius 3 is 2.29 bits per heavy atom. The van der Waals surface area contributed by atoms with Crippen molar-refractivity contribution in [2.75, 3.05) is 26.2 Å². The minimum Gasteiger partial charge on any atom is -0.355 e. The molecule has 0 atom stereocenters. The Hall–Kier alpha value is -1.44. The number of nitrogens with one attached hydrogen (secondary N) is 1. The predicted octanol–water partition coefficient (Wildman–Crippen LogP) is 1.26. The second-order valence-electron chi connectivity index (χ2n) is 6.10. The van der Waals surface area contributed by atoms with Gasteiger partial charge in [-0.2, -0.15) is 4.31 Å². The zero-order valence-electron chi connectivity index (χ0n) is 14.0. The van der Waals surface area contributed by atoms with E-state index < -0.39 is 10.0 Å². The fourth-order valence-electron chi connectivity index (χ4n) is 2.82. The van der Waals surface area contributed by atoms with E-state index in [0.29, 0.717) is 43.9 Å². The van der Waals surface area contributed by atoms with Crippen LogP contribution >= 0.6 is 0 Å². The van der Waals surface area contributed by atoms with Crippen molar-refractivity contribution in [1.82, 2.24) is 9.62 Å². The average molecular weight is 353 g/mol. The van der Waals surface area contributed by atoms with Gasteiger partial charge in [0.05, 0.1) is 4.90 Å². The first-order chi connectivity index (χ1) is 11.5. The van der Waals surface area contributed by atoms with Crippen LogP contribution in [0.5, 0.6) is 0 Å². The van der Waals surface area contributed by atoms with Gasteiger partial charge in [0.25, 0.3) is 0 Å². The smallest absolute Gasteiger partial charge is 0.243 e. The van der Waals surface area contributed by atoms with Crippen LogP contribution in [-0.4, -0.2) is 44.8 Å². The van der Waals surface area contributed by atoms with E-state index in [0.717, 1.165) is 31.2 Å². The van der Waals surface area contributed by atoms with Crippen LogP contribution in [0.1, 0.15) is 37.7 Å². The van der Waals surface area contributed by atoms with E-state index in [1.165, 1.54) is 0 Å². The van der Waals surface area contributed by atoms with Gasteiger partial charge < -0.3 is 11.1 Å². The van der Waals surface area contributed by atoms with Crippen molar-refractivity contribution in [1.29, 1.82) is 0 Å². The summed E-state index contributed by atoms with van der Waals surface area (Å²) in [6.45, 7) is 2.11. The summed E-state index contributed by atoms with van der Waals surface area (Å²) in [5, 5.41) is 2.72. The first-order valence-corrected chi connectivity index (χ1v) is 10.0. The lowest BCUT2D eigenvalue weighted by Crippen LogP contribution is -2.31. The molecule has 1 aromatic rings. The van der Waals surface area contributed by atoms with Gasteiger partial charge in [-0.15, -0.1) is 0 Å². The molecule has 0 bridgehead atoms. The summed E-state index contributed by atoms with van der Waals surface area (Å²) >= 11 is 0. The van der Waals surface area contributed by atoms with Crippen molar-refractivity contribution in [2.45, 2.75) is 43.4 Å². The maximum absolute atomic E-state index is 12.7. The molecule has 1 aliphatic rings. The molecule has 1 aromatic carbocycles. The molecule has 1 fully saturated rings. The molecular weight excluding hydrogens is 326 g/mol. The minimum absolute atomic E-state index is 0.0401. The Kier molecular flexibility index (Phi) is 7.20. The average Bonchev–Trinajstić information content (AvgIpc) is 2.88. The fraction of sp³-hybridized carbons (Fsp3) is 0.588. The van der Waals surface area contributed by atoms with Crippen LogP contribution in [0, 0.1) is 0 Å². The molecule has 0 unspecified atom stereocenters. The van der Waals surface area contributed by atoms with E-state index in [-0.39, 0.29) is 5.91 Å². The summed E-state index contributed by atoms with van der Waals surface area (Å²) in [6, 6.07) is 6.88. The summed E-state index contributed by atoms with van der Waals surface area (Å²) in [7, 11) is -3.41. The predicted molar refractivity (Wildman–Crippen MR) is 94.1 cm³/mol. The maximum Gasteiger partial charge on any atom is 0.243 e. The SMILES string of the molecule is NCCNC(=O)CCc1ccc(S(=O)(=O)N2CCCCCC2)cc1. The molecule has 0 saturated carbocycles. The van der Waals surface area contributed by atoms with E-state index in [2.05, 4.69) is 5.32 Å². The summed E-state index contributed by atoms with van der Waals surface area (Å²) in [6.07, 6.45) is 5.00. The van der Waals surface area contributed by atoms with Crippen molar-refractivity contribution >= 4 is 15.9 Å². The van der Waals surface area contributed by atoms with Gasteiger partial charge in [-0.25, -0.2) is 8.42 Å². The molecule has 0 aromatic heterocycles. The van der Waals surface area contributed by atoms with E-state index in [1.54, 1.807) is 28.6 Å². The summed E-state index contributed by atoms with van der Waals surface area (Å²) < 4.78 is 27.0. The van der Waals surface area contributed by atoms with E-state index in [1.807, 2.05) is 0 Å². The van der Waals surface area contributed by atoms with Gasteiger partial charge in [-0.05, 0) is 37.0 Å². The number of amides is 1. The molecule has 6 nitrogen and oxygen atoms in total. The molecule has 134 valence electrons. The number of nitrogens with two attached hydrogens (primary N) is 1. The van der Waals surface area contributed by atoms with Crippen LogP contribution in [0.25, 0.3) is 0 Å². The van der Waals surface area contributed by atoms with Gasteiger partial charge in [0.15, 0.2) is 0 Å². The number of nitrogens with zero attached hydrogens (tertiary/aromatic N) is 1. The first-order valence-electron chi connectivity index (χ1n) is 8.60. The van der Waals surface area contributed by atoms with Crippen LogP contribution in [0.2, 0.25) is 0 Å². The number of hydrogen-bond donors (Lipinski definition) is 2. The lowest BCUT2D eigenvalue weighted by atomic mass is 10.1. The van der Waals surface area contributed by atoms with E-state index >= 15 is 0 Å². The molecule has 0 radical (unpaired) electrons. The van der Waals surface area contributed by atoms with Crippen molar-refractivity contribution in [3.8, 4) is 0 Å². The Morgan fingerprint density at radius 1 is 1.08 bits per heavy atom. The van der Waals surface area contributed by atoms with Crippen molar-refractivity contribution in [3.63, 3.8) is 0 Å². The largest absolute Gasteiger partial charge is 0.355 e.